The molecule has 0 radical (unpaired) electrons. The topological polar surface area (TPSA) is 80.1 Å². The number of hydrogen-bond acceptors (Lipinski definition) is 7. The fraction of sp³-hybridized carbons (Fsp3) is 0.444. The molecule has 2 aliphatic rings. The van der Waals surface area contributed by atoms with E-state index >= 15 is 0 Å². The third-order valence-electron chi connectivity index (χ3n) is 4.70. The number of aliphatic imine (C=N–C) groups is 1. The monoisotopic (exact) mass is 341 g/mol. The number of morpholine rings is 1. The summed E-state index contributed by atoms with van der Waals surface area (Å²) in [6, 6.07) is 8.33. The molecule has 3 heterocycles. The third-order valence-corrected chi connectivity index (χ3v) is 4.70. The van der Waals surface area contributed by atoms with Gasteiger partial charge in [-0.25, -0.2) is 0 Å². The lowest BCUT2D eigenvalue weighted by Gasteiger charge is -2.31. The van der Waals surface area contributed by atoms with Gasteiger partial charge >= 0.3 is 0 Å². The van der Waals surface area contributed by atoms with Crippen LogP contribution in [0.15, 0.2) is 33.8 Å². The van der Waals surface area contributed by atoms with Crippen LogP contribution in [0.4, 0.5) is 5.69 Å². The van der Waals surface area contributed by atoms with Gasteiger partial charge in [0, 0.05) is 49.6 Å². The molecular weight excluding hydrogens is 318 g/mol. The zero-order chi connectivity index (χ0) is 17.2. The minimum atomic E-state index is 0.347. The Balaban J connectivity index is 1.77. The number of nitrogens with two attached hydrogens (primary N) is 1. The van der Waals surface area contributed by atoms with Crippen LogP contribution in [-0.2, 0) is 11.3 Å². The van der Waals surface area contributed by atoms with Gasteiger partial charge in [-0.05, 0) is 12.1 Å². The lowest BCUT2D eigenvalue weighted by Crippen LogP contribution is -2.36. The van der Waals surface area contributed by atoms with Gasteiger partial charge in [0.25, 0.3) is 0 Å². The highest BCUT2D eigenvalue weighted by molar-refractivity contribution is 6.01. The van der Waals surface area contributed by atoms with Crippen molar-refractivity contribution >= 4 is 11.5 Å². The minimum Gasteiger partial charge on any atom is -0.378 e. The van der Waals surface area contributed by atoms with Gasteiger partial charge in [-0.15, -0.1) is 0 Å². The summed E-state index contributed by atoms with van der Waals surface area (Å²) in [4.78, 5) is 9.18. The van der Waals surface area contributed by atoms with Crippen LogP contribution in [0.5, 0.6) is 0 Å². The number of nitrogens with zero attached hydrogens (tertiary/aromatic N) is 4. The molecule has 4 rings (SSSR count). The number of aromatic nitrogens is 1. The molecule has 1 aromatic heterocycles. The Hall–Kier alpha value is -2.38. The van der Waals surface area contributed by atoms with Crippen molar-refractivity contribution < 1.29 is 9.26 Å². The van der Waals surface area contributed by atoms with Crippen LogP contribution in [0.2, 0.25) is 0 Å². The molecule has 1 saturated heterocycles. The summed E-state index contributed by atoms with van der Waals surface area (Å²) in [6.45, 7) is 5.35. The number of benzene rings is 1. The lowest BCUT2D eigenvalue weighted by molar-refractivity contribution is 0.123. The maximum absolute atomic E-state index is 5.66. The molecule has 25 heavy (non-hydrogen) atoms. The first-order valence-electron chi connectivity index (χ1n) is 8.65. The highest BCUT2D eigenvalue weighted by Crippen LogP contribution is 2.33. The van der Waals surface area contributed by atoms with Gasteiger partial charge < -0.3 is 24.8 Å². The molecule has 0 spiro atoms. The Morgan fingerprint density at radius 3 is 2.68 bits per heavy atom. The average molecular weight is 341 g/mol. The van der Waals surface area contributed by atoms with E-state index < -0.39 is 0 Å². The molecular formula is C18H23N5O2. The predicted molar refractivity (Wildman–Crippen MR) is 96.9 cm³/mol. The molecule has 132 valence electrons. The zero-order valence-corrected chi connectivity index (χ0v) is 14.4. The van der Waals surface area contributed by atoms with E-state index in [4.69, 9.17) is 15.0 Å². The number of likely N-dealkylation sites (N-methyl/N-ethyl adjacent to an activating group) is 1. The van der Waals surface area contributed by atoms with Crippen LogP contribution >= 0.6 is 0 Å². The SMILES string of the molecule is CN1CCN=C1c1ccc(-c2cc(CN)on2)c(N2CCOCC2)c1. The van der Waals surface area contributed by atoms with E-state index in [1.165, 1.54) is 0 Å². The second kappa shape index (κ2) is 6.85. The lowest BCUT2D eigenvalue weighted by atomic mass is 10.0. The summed E-state index contributed by atoms with van der Waals surface area (Å²) in [5, 5.41) is 4.20. The summed E-state index contributed by atoms with van der Waals surface area (Å²) < 4.78 is 10.8. The molecule has 0 bridgehead atoms. The van der Waals surface area contributed by atoms with Crippen LogP contribution in [-0.4, -0.2) is 62.3 Å². The van der Waals surface area contributed by atoms with Crippen molar-refractivity contribution in [3.8, 4) is 11.3 Å². The molecule has 2 aliphatic heterocycles. The van der Waals surface area contributed by atoms with Crippen molar-refractivity contribution in [1.82, 2.24) is 10.1 Å². The molecule has 1 aromatic carbocycles. The fourth-order valence-corrected chi connectivity index (χ4v) is 3.33. The Morgan fingerprint density at radius 2 is 2.00 bits per heavy atom. The van der Waals surface area contributed by atoms with Gasteiger partial charge in [0.05, 0.1) is 26.3 Å². The maximum atomic E-state index is 5.66. The van der Waals surface area contributed by atoms with Crippen LogP contribution in [0.25, 0.3) is 11.3 Å². The smallest absolute Gasteiger partial charge is 0.150 e. The number of ether oxygens (including phenoxy) is 1. The molecule has 0 amide bonds. The Labute approximate surface area is 147 Å². The first-order valence-corrected chi connectivity index (χ1v) is 8.65. The molecule has 0 aliphatic carbocycles. The van der Waals surface area contributed by atoms with Gasteiger partial charge in [-0.3, -0.25) is 4.99 Å². The van der Waals surface area contributed by atoms with E-state index in [0.717, 1.165) is 67.7 Å². The molecule has 2 N–H and O–H groups in total. The van der Waals surface area contributed by atoms with E-state index in [9.17, 15) is 0 Å². The number of rotatable bonds is 4. The Kier molecular flexibility index (Phi) is 4.42. The van der Waals surface area contributed by atoms with Gasteiger partial charge in [-0.1, -0.05) is 11.2 Å². The van der Waals surface area contributed by atoms with Crippen molar-refractivity contribution in [2.24, 2.45) is 10.7 Å². The summed E-state index contributed by atoms with van der Waals surface area (Å²) in [5.74, 6) is 1.73. The summed E-state index contributed by atoms with van der Waals surface area (Å²) in [5.41, 5.74) is 9.80. The van der Waals surface area contributed by atoms with Crippen molar-refractivity contribution in [3.63, 3.8) is 0 Å². The third kappa shape index (κ3) is 3.12. The van der Waals surface area contributed by atoms with Crippen LogP contribution in [0.1, 0.15) is 11.3 Å². The number of anilines is 1. The number of hydrogen-bond donors (Lipinski definition) is 1. The van der Waals surface area contributed by atoms with Crippen molar-refractivity contribution in [2.45, 2.75) is 6.54 Å². The van der Waals surface area contributed by atoms with Crippen molar-refractivity contribution in [1.29, 1.82) is 0 Å². The quantitative estimate of drug-likeness (QED) is 0.904. The van der Waals surface area contributed by atoms with Crippen LogP contribution in [0.3, 0.4) is 0 Å². The normalized spacial score (nSPS) is 17.9. The summed E-state index contributed by atoms with van der Waals surface area (Å²) >= 11 is 0. The minimum absolute atomic E-state index is 0.347. The highest BCUT2D eigenvalue weighted by atomic mass is 16.5. The molecule has 0 atom stereocenters. The van der Waals surface area contributed by atoms with E-state index in [0.29, 0.717) is 12.3 Å². The molecule has 7 nitrogen and oxygen atoms in total. The van der Waals surface area contributed by atoms with Gasteiger partial charge in [-0.2, -0.15) is 0 Å². The van der Waals surface area contributed by atoms with Crippen molar-refractivity contribution in [3.05, 3.63) is 35.6 Å². The van der Waals surface area contributed by atoms with E-state index in [2.05, 4.69) is 45.2 Å². The highest BCUT2D eigenvalue weighted by Gasteiger charge is 2.21. The standard InChI is InChI=1S/C18H23N5O2/c1-22-5-4-20-18(22)13-2-3-15(16-11-14(12-19)25-21-16)17(10-13)23-6-8-24-9-7-23/h2-3,10-11H,4-9,12,19H2,1H3. The summed E-state index contributed by atoms with van der Waals surface area (Å²) in [6.07, 6.45) is 0. The second-order valence-electron chi connectivity index (χ2n) is 6.34. The molecule has 2 aromatic rings. The predicted octanol–water partition coefficient (Wildman–Crippen LogP) is 1.33. The fourth-order valence-electron chi connectivity index (χ4n) is 3.33. The van der Waals surface area contributed by atoms with Gasteiger partial charge in [0.15, 0.2) is 5.76 Å². The first-order chi connectivity index (χ1) is 12.3. The Bertz CT molecular complexity index is 780. The zero-order valence-electron chi connectivity index (χ0n) is 14.4. The molecule has 0 unspecified atom stereocenters. The van der Waals surface area contributed by atoms with Gasteiger partial charge in [0.2, 0.25) is 0 Å². The van der Waals surface area contributed by atoms with Crippen LogP contribution in [0, 0.1) is 0 Å². The van der Waals surface area contributed by atoms with Crippen LogP contribution < -0.4 is 10.6 Å². The van der Waals surface area contributed by atoms with E-state index in [-0.39, 0.29) is 0 Å². The molecule has 0 saturated carbocycles. The average Bonchev–Trinajstić information content (AvgIpc) is 3.31. The number of amidine groups is 1. The Morgan fingerprint density at radius 1 is 1.16 bits per heavy atom. The van der Waals surface area contributed by atoms with E-state index in [1.807, 2.05) is 6.07 Å². The second-order valence-corrected chi connectivity index (χ2v) is 6.34. The summed E-state index contributed by atoms with van der Waals surface area (Å²) in [7, 11) is 2.08. The molecule has 7 heteroatoms. The van der Waals surface area contributed by atoms with Gasteiger partial charge in [0.1, 0.15) is 11.5 Å². The largest absolute Gasteiger partial charge is 0.378 e. The van der Waals surface area contributed by atoms with Crippen molar-refractivity contribution in [2.75, 3.05) is 51.3 Å². The van der Waals surface area contributed by atoms with E-state index in [1.54, 1.807) is 0 Å². The molecule has 1 fully saturated rings. The first kappa shape index (κ1) is 16.1. The maximum Gasteiger partial charge on any atom is 0.150 e.